The maximum Gasteiger partial charge on any atom is 0.261 e. The molecule has 0 radical (unpaired) electrons. The Morgan fingerprint density at radius 1 is 1.00 bits per heavy atom. The number of nitrogens with zero attached hydrogens (tertiary/aromatic N) is 1. The van der Waals surface area contributed by atoms with Crippen molar-refractivity contribution in [1.29, 1.82) is 0 Å². The first-order chi connectivity index (χ1) is 13.2. The number of nitrogens with one attached hydrogen (secondary N) is 2. The monoisotopic (exact) mass is 383 g/mol. The zero-order valence-corrected chi connectivity index (χ0v) is 16.2. The second-order valence-electron chi connectivity index (χ2n) is 7.41. The SMILES string of the molecule is O=C(NCc1ccc(CN2CCCC2)cc1)c1ccc(NC(=O)C2CC2)s1. The first kappa shape index (κ1) is 18.2. The molecule has 142 valence electrons. The minimum absolute atomic E-state index is 0.0674. The molecule has 6 heteroatoms. The van der Waals surface area contributed by atoms with E-state index >= 15 is 0 Å². The molecule has 0 atom stereocenters. The zero-order valence-electron chi connectivity index (χ0n) is 15.4. The Hall–Kier alpha value is -2.18. The van der Waals surface area contributed by atoms with Crippen molar-refractivity contribution in [2.45, 2.75) is 38.8 Å². The van der Waals surface area contributed by atoms with Crippen LogP contribution in [0.3, 0.4) is 0 Å². The lowest BCUT2D eigenvalue weighted by molar-refractivity contribution is -0.117. The van der Waals surface area contributed by atoms with Gasteiger partial charge >= 0.3 is 0 Å². The van der Waals surface area contributed by atoms with Crippen molar-refractivity contribution >= 4 is 28.2 Å². The molecule has 0 bridgehead atoms. The van der Waals surface area contributed by atoms with Gasteiger partial charge < -0.3 is 10.6 Å². The second-order valence-corrected chi connectivity index (χ2v) is 8.49. The van der Waals surface area contributed by atoms with Gasteiger partial charge in [0.2, 0.25) is 5.91 Å². The highest BCUT2D eigenvalue weighted by atomic mass is 32.1. The summed E-state index contributed by atoms with van der Waals surface area (Å²) in [4.78, 5) is 27.2. The first-order valence-electron chi connectivity index (χ1n) is 9.66. The molecule has 27 heavy (non-hydrogen) atoms. The van der Waals surface area contributed by atoms with Gasteiger partial charge in [-0.15, -0.1) is 11.3 Å². The van der Waals surface area contributed by atoms with Gasteiger partial charge in [-0.1, -0.05) is 24.3 Å². The van der Waals surface area contributed by atoms with Crippen LogP contribution in [0.15, 0.2) is 36.4 Å². The third kappa shape index (κ3) is 4.96. The van der Waals surface area contributed by atoms with Crippen LogP contribution in [0, 0.1) is 5.92 Å². The van der Waals surface area contributed by atoms with E-state index in [0.29, 0.717) is 11.4 Å². The zero-order chi connectivity index (χ0) is 18.6. The number of carbonyl (C=O) groups excluding carboxylic acids is 2. The molecule has 2 N–H and O–H groups in total. The molecule has 2 heterocycles. The molecule has 1 aromatic heterocycles. The Balaban J connectivity index is 1.26. The van der Waals surface area contributed by atoms with Crippen LogP contribution in [0.1, 0.15) is 46.5 Å². The summed E-state index contributed by atoms with van der Waals surface area (Å²) in [5, 5.41) is 6.58. The molecule has 2 aromatic rings. The Labute approximate surface area is 163 Å². The van der Waals surface area contributed by atoms with E-state index < -0.39 is 0 Å². The summed E-state index contributed by atoms with van der Waals surface area (Å²) in [7, 11) is 0. The first-order valence-corrected chi connectivity index (χ1v) is 10.5. The number of likely N-dealkylation sites (tertiary alicyclic amines) is 1. The summed E-state index contributed by atoms with van der Waals surface area (Å²) in [5.41, 5.74) is 2.41. The minimum atomic E-state index is -0.104. The van der Waals surface area contributed by atoms with Crippen molar-refractivity contribution in [3.63, 3.8) is 0 Å². The quantitative estimate of drug-likeness (QED) is 0.768. The van der Waals surface area contributed by atoms with Crippen LogP contribution < -0.4 is 10.6 Å². The van der Waals surface area contributed by atoms with Crippen molar-refractivity contribution in [1.82, 2.24) is 10.2 Å². The molecule has 1 aliphatic carbocycles. The Kier molecular flexibility index (Phi) is 5.55. The maximum absolute atomic E-state index is 12.3. The van der Waals surface area contributed by atoms with Crippen LogP contribution in [-0.2, 0) is 17.9 Å². The fourth-order valence-corrected chi connectivity index (χ4v) is 4.15. The van der Waals surface area contributed by atoms with E-state index in [9.17, 15) is 9.59 Å². The van der Waals surface area contributed by atoms with Crippen molar-refractivity contribution in [2.24, 2.45) is 5.92 Å². The molecule has 1 aromatic carbocycles. The molecule has 1 saturated heterocycles. The molecule has 0 unspecified atom stereocenters. The van der Waals surface area contributed by atoms with Crippen molar-refractivity contribution in [3.8, 4) is 0 Å². The molecule has 5 nitrogen and oxygen atoms in total. The van der Waals surface area contributed by atoms with E-state index in [-0.39, 0.29) is 17.7 Å². The predicted molar refractivity (Wildman–Crippen MR) is 108 cm³/mol. The van der Waals surface area contributed by atoms with E-state index in [1.165, 1.54) is 42.8 Å². The number of benzene rings is 1. The van der Waals surface area contributed by atoms with E-state index in [4.69, 9.17) is 0 Å². The Morgan fingerprint density at radius 3 is 2.41 bits per heavy atom. The van der Waals surface area contributed by atoms with Crippen LogP contribution in [0.4, 0.5) is 5.00 Å². The number of rotatable bonds is 7. The number of hydrogen-bond donors (Lipinski definition) is 2. The predicted octanol–water partition coefficient (Wildman–Crippen LogP) is 3.62. The summed E-state index contributed by atoms with van der Waals surface area (Å²) in [6.45, 7) is 3.91. The third-order valence-electron chi connectivity index (χ3n) is 5.11. The van der Waals surface area contributed by atoms with Gasteiger partial charge in [-0.2, -0.15) is 0 Å². The van der Waals surface area contributed by atoms with E-state index in [2.05, 4.69) is 39.8 Å². The van der Waals surface area contributed by atoms with E-state index in [1.54, 1.807) is 12.1 Å². The number of amides is 2. The Morgan fingerprint density at radius 2 is 1.70 bits per heavy atom. The van der Waals surface area contributed by atoms with Gasteiger partial charge in [0, 0.05) is 19.0 Å². The van der Waals surface area contributed by atoms with Gasteiger partial charge in [0.05, 0.1) is 9.88 Å². The lowest BCUT2D eigenvalue weighted by Gasteiger charge is -2.14. The number of hydrogen-bond acceptors (Lipinski definition) is 4. The summed E-state index contributed by atoms with van der Waals surface area (Å²) < 4.78 is 0. The van der Waals surface area contributed by atoms with Gasteiger partial charge in [0.1, 0.15) is 0 Å². The van der Waals surface area contributed by atoms with Crippen LogP contribution in [0.2, 0.25) is 0 Å². The van der Waals surface area contributed by atoms with Crippen LogP contribution >= 0.6 is 11.3 Å². The number of carbonyl (C=O) groups is 2. The number of thiophene rings is 1. The largest absolute Gasteiger partial charge is 0.347 e. The highest BCUT2D eigenvalue weighted by Crippen LogP contribution is 2.31. The van der Waals surface area contributed by atoms with E-state index in [1.807, 2.05) is 0 Å². The molecule has 1 saturated carbocycles. The minimum Gasteiger partial charge on any atom is -0.347 e. The summed E-state index contributed by atoms with van der Waals surface area (Å²) in [6.07, 6.45) is 4.56. The van der Waals surface area contributed by atoms with Crippen molar-refractivity contribution in [3.05, 3.63) is 52.4 Å². The van der Waals surface area contributed by atoms with Gasteiger partial charge in [0.15, 0.2) is 0 Å². The van der Waals surface area contributed by atoms with E-state index in [0.717, 1.165) is 30.0 Å². The molecule has 1 aliphatic heterocycles. The van der Waals surface area contributed by atoms with Crippen LogP contribution in [0.5, 0.6) is 0 Å². The molecular weight excluding hydrogens is 358 g/mol. The van der Waals surface area contributed by atoms with Gasteiger partial charge in [0.25, 0.3) is 5.91 Å². The Bertz CT molecular complexity index is 805. The topological polar surface area (TPSA) is 61.4 Å². The lowest BCUT2D eigenvalue weighted by atomic mass is 10.1. The molecular formula is C21H25N3O2S. The summed E-state index contributed by atoms with van der Waals surface area (Å²) in [6, 6.07) is 12.0. The van der Waals surface area contributed by atoms with Crippen LogP contribution in [-0.4, -0.2) is 29.8 Å². The molecule has 0 spiro atoms. The van der Waals surface area contributed by atoms with Crippen LogP contribution in [0.25, 0.3) is 0 Å². The molecule has 2 amide bonds. The standard InChI is InChI=1S/C21H25N3O2S/c25-20(17-7-8-17)23-19-10-9-18(27-19)21(26)22-13-15-3-5-16(6-4-15)14-24-11-1-2-12-24/h3-6,9-10,17H,1-2,7-8,11-14H2,(H,22,26)(H,23,25). The summed E-state index contributed by atoms with van der Waals surface area (Å²) in [5.74, 6) is 0.128. The second kappa shape index (κ2) is 8.23. The highest BCUT2D eigenvalue weighted by Gasteiger charge is 2.29. The molecule has 2 aliphatic rings. The third-order valence-corrected chi connectivity index (χ3v) is 6.10. The van der Waals surface area contributed by atoms with Crippen molar-refractivity contribution in [2.75, 3.05) is 18.4 Å². The maximum atomic E-state index is 12.3. The molecule has 2 fully saturated rings. The van der Waals surface area contributed by atoms with Gasteiger partial charge in [-0.3, -0.25) is 14.5 Å². The normalized spacial score (nSPS) is 17.0. The van der Waals surface area contributed by atoms with Crippen molar-refractivity contribution < 1.29 is 9.59 Å². The van der Waals surface area contributed by atoms with Gasteiger partial charge in [-0.25, -0.2) is 0 Å². The number of anilines is 1. The fourth-order valence-electron chi connectivity index (χ4n) is 3.33. The fraction of sp³-hybridized carbons (Fsp3) is 0.429. The average molecular weight is 384 g/mol. The highest BCUT2D eigenvalue weighted by molar-refractivity contribution is 7.18. The smallest absolute Gasteiger partial charge is 0.261 e. The molecule has 4 rings (SSSR count). The average Bonchev–Trinajstić information content (AvgIpc) is 3.22. The van der Waals surface area contributed by atoms with Gasteiger partial charge in [-0.05, 0) is 62.0 Å². The lowest BCUT2D eigenvalue weighted by Crippen LogP contribution is -2.22. The summed E-state index contributed by atoms with van der Waals surface area (Å²) >= 11 is 1.32.